The third-order valence-electron chi connectivity index (χ3n) is 7.02. The number of aromatic nitrogens is 3. The lowest BCUT2D eigenvalue weighted by Crippen LogP contribution is -2.20. The van der Waals surface area contributed by atoms with Crippen LogP contribution >= 0.6 is 11.6 Å². The van der Waals surface area contributed by atoms with Crippen LogP contribution in [0.3, 0.4) is 0 Å². The molecule has 6 nitrogen and oxygen atoms in total. The number of aliphatic hydroxyl groups is 1. The third-order valence-corrected chi connectivity index (χ3v) is 7.43. The first-order valence-electron chi connectivity index (χ1n) is 12.2. The molecular weight excluding hydrogens is 424 g/mol. The largest absolute Gasteiger partial charge is 0.396 e. The van der Waals surface area contributed by atoms with Crippen LogP contribution in [0.1, 0.15) is 93.4 Å². The van der Waals surface area contributed by atoms with E-state index in [2.05, 4.69) is 20.1 Å². The zero-order valence-corrected chi connectivity index (χ0v) is 19.8. The van der Waals surface area contributed by atoms with Gasteiger partial charge in [0.1, 0.15) is 11.6 Å². The maximum atomic E-state index is 12.9. The van der Waals surface area contributed by atoms with Crippen molar-refractivity contribution in [2.75, 3.05) is 11.9 Å². The second kappa shape index (κ2) is 10.8. The number of hydrogen-bond acceptors (Lipinski definition) is 4. The van der Waals surface area contributed by atoms with Gasteiger partial charge >= 0.3 is 0 Å². The van der Waals surface area contributed by atoms with Crippen LogP contribution in [0.25, 0.3) is 0 Å². The number of anilines is 1. The summed E-state index contributed by atoms with van der Waals surface area (Å²) >= 11 is 6.19. The Labute approximate surface area is 195 Å². The quantitative estimate of drug-likeness (QED) is 0.486. The average molecular weight is 459 g/mol. The first kappa shape index (κ1) is 23.2. The van der Waals surface area contributed by atoms with Crippen LogP contribution in [0, 0.1) is 12.8 Å². The lowest BCUT2D eigenvalue weighted by molar-refractivity contribution is -0.116. The molecule has 1 aromatic carbocycles. The Morgan fingerprint density at radius 1 is 1.22 bits per heavy atom. The summed E-state index contributed by atoms with van der Waals surface area (Å²) < 4.78 is 2.29. The second-order valence-corrected chi connectivity index (χ2v) is 9.90. The standard InChI is InChI=1S/C25H35ClN4O2/c1-17-21(26)8-5-9-22(17)27-24(32)16-19(14-15-31)25-29-28-23(30(25)20-11-12-20)13-10-18-6-3-2-4-7-18/h5,8-9,18-20,31H,2-4,6-7,10-16H2,1H3,(H,27,32). The van der Waals surface area contributed by atoms with Crippen LogP contribution < -0.4 is 5.32 Å². The third kappa shape index (κ3) is 5.70. The molecule has 0 radical (unpaired) electrons. The summed E-state index contributed by atoms with van der Waals surface area (Å²) in [4.78, 5) is 12.9. The molecule has 2 aromatic rings. The van der Waals surface area contributed by atoms with Crippen LogP contribution in [0.15, 0.2) is 18.2 Å². The first-order valence-corrected chi connectivity index (χ1v) is 12.5. The van der Waals surface area contributed by atoms with E-state index in [0.717, 1.165) is 48.1 Å². The normalized spacial score (nSPS) is 18.0. The van der Waals surface area contributed by atoms with Gasteiger partial charge in [0.25, 0.3) is 0 Å². The van der Waals surface area contributed by atoms with Gasteiger partial charge in [-0.15, -0.1) is 10.2 Å². The number of carbonyl (C=O) groups excluding carboxylic acids is 1. The van der Waals surface area contributed by atoms with Crippen molar-refractivity contribution in [3.8, 4) is 0 Å². The van der Waals surface area contributed by atoms with Crippen molar-refractivity contribution >= 4 is 23.2 Å². The zero-order valence-electron chi connectivity index (χ0n) is 19.0. The Balaban J connectivity index is 1.47. The highest BCUT2D eigenvalue weighted by Gasteiger charge is 2.33. The summed E-state index contributed by atoms with van der Waals surface area (Å²) in [7, 11) is 0. The van der Waals surface area contributed by atoms with Gasteiger partial charge in [-0.3, -0.25) is 4.79 Å². The van der Waals surface area contributed by atoms with Crippen molar-refractivity contribution < 1.29 is 9.90 Å². The molecule has 32 heavy (non-hydrogen) atoms. The summed E-state index contributed by atoms with van der Waals surface area (Å²) in [5.74, 6) is 2.47. The molecule has 174 valence electrons. The number of amides is 1. The average Bonchev–Trinajstić information content (AvgIpc) is 3.54. The van der Waals surface area contributed by atoms with Gasteiger partial charge in [0.05, 0.1) is 0 Å². The first-order chi connectivity index (χ1) is 15.6. The van der Waals surface area contributed by atoms with Crippen molar-refractivity contribution in [2.24, 2.45) is 5.92 Å². The fraction of sp³-hybridized carbons (Fsp3) is 0.640. The van der Waals surface area contributed by atoms with Crippen molar-refractivity contribution in [2.45, 2.75) is 89.5 Å². The van der Waals surface area contributed by atoms with Gasteiger partial charge in [-0.05, 0) is 56.2 Å². The van der Waals surface area contributed by atoms with Crippen LogP contribution in [-0.2, 0) is 11.2 Å². The number of halogens is 1. The highest BCUT2D eigenvalue weighted by atomic mass is 35.5. The summed E-state index contributed by atoms with van der Waals surface area (Å²) in [5, 5.41) is 22.4. The van der Waals surface area contributed by atoms with E-state index in [1.807, 2.05) is 25.1 Å². The number of aliphatic hydroxyl groups excluding tert-OH is 1. The minimum atomic E-state index is -0.156. The van der Waals surface area contributed by atoms with Crippen LogP contribution in [-0.4, -0.2) is 32.4 Å². The van der Waals surface area contributed by atoms with Gasteiger partial charge < -0.3 is 15.0 Å². The van der Waals surface area contributed by atoms with Gasteiger partial charge in [0.2, 0.25) is 5.91 Å². The Morgan fingerprint density at radius 2 is 2.00 bits per heavy atom. The summed E-state index contributed by atoms with van der Waals surface area (Å²) in [6.07, 6.45) is 11.9. The molecule has 4 rings (SSSR count). The molecule has 0 aliphatic heterocycles. The molecule has 2 fully saturated rings. The highest BCUT2D eigenvalue weighted by Crippen LogP contribution is 2.40. The van der Waals surface area contributed by atoms with Crippen molar-refractivity contribution in [1.29, 1.82) is 0 Å². The predicted molar refractivity (Wildman–Crippen MR) is 127 cm³/mol. The van der Waals surface area contributed by atoms with Crippen LogP contribution in [0.2, 0.25) is 5.02 Å². The molecule has 2 saturated carbocycles. The number of benzene rings is 1. The van der Waals surface area contributed by atoms with E-state index >= 15 is 0 Å². The van der Waals surface area contributed by atoms with E-state index in [4.69, 9.17) is 11.6 Å². The number of hydrogen-bond donors (Lipinski definition) is 2. The Kier molecular flexibility index (Phi) is 7.84. The SMILES string of the molecule is Cc1c(Cl)cccc1NC(=O)CC(CCO)c1nnc(CCC2CCCCC2)n1C1CC1. The van der Waals surface area contributed by atoms with Gasteiger partial charge in [-0.25, -0.2) is 0 Å². The molecule has 0 spiro atoms. The minimum absolute atomic E-state index is 0.0169. The minimum Gasteiger partial charge on any atom is -0.396 e. The fourth-order valence-electron chi connectivity index (χ4n) is 4.97. The smallest absolute Gasteiger partial charge is 0.225 e. The number of aryl methyl sites for hydroxylation is 1. The Hall–Kier alpha value is -1.92. The summed E-state index contributed by atoms with van der Waals surface area (Å²) in [6, 6.07) is 5.95. The lowest BCUT2D eigenvalue weighted by atomic mass is 9.86. The molecule has 7 heteroatoms. The zero-order chi connectivity index (χ0) is 22.5. The van der Waals surface area contributed by atoms with E-state index in [-0.39, 0.29) is 24.9 Å². The molecule has 1 unspecified atom stereocenters. The number of carbonyl (C=O) groups is 1. The molecule has 1 atom stereocenters. The van der Waals surface area contributed by atoms with Gasteiger partial charge in [0.15, 0.2) is 0 Å². The van der Waals surface area contributed by atoms with Crippen molar-refractivity contribution in [3.05, 3.63) is 40.4 Å². The van der Waals surface area contributed by atoms with Gasteiger partial charge in [-0.1, -0.05) is 49.8 Å². The molecule has 2 aliphatic rings. The molecule has 1 aromatic heterocycles. The molecule has 1 amide bonds. The number of rotatable bonds is 10. The highest BCUT2D eigenvalue weighted by molar-refractivity contribution is 6.31. The van der Waals surface area contributed by atoms with Crippen LogP contribution in [0.5, 0.6) is 0 Å². The van der Waals surface area contributed by atoms with Crippen molar-refractivity contribution in [3.63, 3.8) is 0 Å². The second-order valence-electron chi connectivity index (χ2n) is 9.49. The van der Waals surface area contributed by atoms with Gasteiger partial charge in [0, 0.05) is 42.1 Å². The molecular formula is C25H35ClN4O2. The Bertz CT molecular complexity index is 919. The maximum Gasteiger partial charge on any atom is 0.225 e. The maximum absolute atomic E-state index is 12.9. The van der Waals surface area contributed by atoms with E-state index in [0.29, 0.717) is 17.5 Å². The van der Waals surface area contributed by atoms with E-state index < -0.39 is 0 Å². The molecule has 0 bridgehead atoms. The molecule has 2 N–H and O–H groups in total. The molecule has 1 heterocycles. The molecule has 0 saturated heterocycles. The fourth-order valence-corrected chi connectivity index (χ4v) is 5.15. The van der Waals surface area contributed by atoms with Crippen molar-refractivity contribution in [1.82, 2.24) is 14.8 Å². The monoisotopic (exact) mass is 458 g/mol. The predicted octanol–water partition coefficient (Wildman–Crippen LogP) is 5.58. The van der Waals surface area contributed by atoms with E-state index in [9.17, 15) is 9.90 Å². The van der Waals surface area contributed by atoms with Crippen LogP contribution in [0.4, 0.5) is 5.69 Å². The van der Waals surface area contributed by atoms with Gasteiger partial charge in [-0.2, -0.15) is 0 Å². The summed E-state index contributed by atoms with van der Waals surface area (Å²) in [5.41, 5.74) is 1.58. The number of nitrogens with one attached hydrogen (secondary N) is 1. The molecule has 2 aliphatic carbocycles. The topological polar surface area (TPSA) is 80.0 Å². The number of nitrogens with zero attached hydrogens (tertiary/aromatic N) is 3. The Morgan fingerprint density at radius 3 is 2.72 bits per heavy atom. The lowest BCUT2D eigenvalue weighted by Gasteiger charge is -2.22. The van der Waals surface area contributed by atoms with E-state index in [1.165, 1.54) is 38.5 Å². The summed E-state index contributed by atoms with van der Waals surface area (Å²) in [6.45, 7) is 1.91. The van der Waals surface area contributed by atoms with E-state index in [1.54, 1.807) is 0 Å².